The van der Waals surface area contributed by atoms with Gasteiger partial charge < -0.3 is 9.88 Å². The van der Waals surface area contributed by atoms with Gasteiger partial charge in [0.05, 0.1) is 16.8 Å². The van der Waals surface area contributed by atoms with Crippen LogP contribution in [0.4, 0.5) is 19.0 Å². The second-order valence-corrected chi connectivity index (χ2v) is 6.76. The Kier molecular flexibility index (Phi) is 5.02. The molecule has 0 saturated carbocycles. The van der Waals surface area contributed by atoms with Crippen molar-refractivity contribution in [2.75, 3.05) is 5.32 Å². The topological polar surface area (TPSA) is 46.9 Å². The minimum absolute atomic E-state index is 0.00595. The highest BCUT2D eigenvalue weighted by Crippen LogP contribution is 2.35. The minimum atomic E-state index is -4.49. The van der Waals surface area contributed by atoms with E-state index in [-0.39, 0.29) is 5.69 Å². The molecule has 146 valence electrons. The number of pyridine rings is 1. The molecule has 2 aromatic heterocycles. The molecule has 3 rings (SSSR count). The lowest BCUT2D eigenvalue weighted by Crippen LogP contribution is -2.15. The number of aryl methyl sites for hydroxylation is 3. The monoisotopic (exact) mass is 387 g/mol. The van der Waals surface area contributed by atoms with Crippen LogP contribution in [0.3, 0.4) is 0 Å². The number of anilines is 1. The Hall–Kier alpha value is -3.09. The van der Waals surface area contributed by atoms with Gasteiger partial charge in [0.1, 0.15) is 5.82 Å². The molecule has 0 aliphatic carbocycles. The van der Waals surface area contributed by atoms with E-state index in [1.54, 1.807) is 32.0 Å². The predicted molar refractivity (Wildman–Crippen MR) is 102 cm³/mol. The number of para-hydroxylation sites is 1. The summed E-state index contributed by atoms with van der Waals surface area (Å²) in [7, 11) is 0. The highest BCUT2D eigenvalue weighted by atomic mass is 19.4. The third-order valence-electron chi connectivity index (χ3n) is 4.47. The third-order valence-corrected chi connectivity index (χ3v) is 4.47. The van der Waals surface area contributed by atoms with Crippen LogP contribution < -0.4 is 5.32 Å². The molecule has 28 heavy (non-hydrogen) atoms. The van der Waals surface area contributed by atoms with E-state index in [0.29, 0.717) is 22.8 Å². The fourth-order valence-electron chi connectivity index (χ4n) is 3.36. The highest BCUT2D eigenvalue weighted by molar-refractivity contribution is 6.05. The standard InChI is InChI=1S/C21H20F3N3O/c1-12-9-13(2)25-19(10-12)26-20(28)16-11-14(3)27(15(16)4)18-8-6-5-7-17(18)21(22,23)24/h5-11H,1-4H3,(H,25,26,28). The van der Waals surface area contributed by atoms with Gasteiger partial charge in [-0.2, -0.15) is 13.2 Å². The van der Waals surface area contributed by atoms with Crippen LogP contribution in [0.15, 0.2) is 42.5 Å². The maximum Gasteiger partial charge on any atom is 0.418 e. The van der Waals surface area contributed by atoms with Crippen LogP contribution in [0.1, 0.15) is 38.6 Å². The van der Waals surface area contributed by atoms with Gasteiger partial charge in [0, 0.05) is 17.1 Å². The van der Waals surface area contributed by atoms with E-state index in [1.165, 1.54) is 16.7 Å². The van der Waals surface area contributed by atoms with Gasteiger partial charge in [0.15, 0.2) is 0 Å². The summed E-state index contributed by atoms with van der Waals surface area (Å²) in [4.78, 5) is 17.0. The van der Waals surface area contributed by atoms with Crippen LogP contribution in [-0.4, -0.2) is 15.5 Å². The Labute approximate surface area is 161 Å². The number of nitrogens with zero attached hydrogens (tertiary/aromatic N) is 2. The third kappa shape index (κ3) is 3.78. The number of hydrogen-bond donors (Lipinski definition) is 1. The first-order valence-corrected chi connectivity index (χ1v) is 8.70. The molecular formula is C21H20F3N3O. The molecule has 0 bridgehead atoms. The number of amides is 1. The molecule has 0 fully saturated rings. The number of halogens is 3. The zero-order valence-electron chi connectivity index (χ0n) is 16.0. The summed E-state index contributed by atoms with van der Waals surface area (Å²) >= 11 is 0. The van der Waals surface area contributed by atoms with Gasteiger partial charge in [-0.25, -0.2) is 4.98 Å². The molecule has 4 nitrogen and oxygen atoms in total. The van der Waals surface area contributed by atoms with Crippen molar-refractivity contribution in [2.45, 2.75) is 33.9 Å². The average Bonchev–Trinajstić information content (AvgIpc) is 2.87. The van der Waals surface area contributed by atoms with E-state index in [2.05, 4.69) is 10.3 Å². The Balaban J connectivity index is 2.03. The van der Waals surface area contributed by atoms with Gasteiger partial charge in [0.25, 0.3) is 5.91 Å². The van der Waals surface area contributed by atoms with E-state index in [4.69, 9.17) is 0 Å². The molecule has 1 N–H and O–H groups in total. The molecule has 0 spiro atoms. The van der Waals surface area contributed by atoms with E-state index >= 15 is 0 Å². The SMILES string of the molecule is Cc1cc(C)nc(NC(=O)c2cc(C)n(-c3ccccc3C(F)(F)F)c2C)c1. The first kappa shape index (κ1) is 19.7. The summed E-state index contributed by atoms with van der Waals surface area (Å²) in [5.41, 5.74) is 2.22. The number of aromatic nitrogens is 2. The second-order valence-electron chi connectivity index (χ2n) is 6.76. The Morgan fingerprint density at radius 1 is 1.04 bits per heavy atom. The Morgan fingerprint density at radius 3 is 2.36 bits per heavy atom. The van der Waals surface area contributed by atoms with Crippen molar-refractivity contribution >= 4 is 11.7 Å². The van der Waals surface area contributed by atoms with Crippen LogP contribution in [0, 0.1) is 27.7 Å². The van der Waals surface area contributed by atoms with Crippen molar-refractivity contribution in [3.8, 4) is 5.69 Å². The molecule has 0 aliphatic heterocycles. The highest BCUT2D eigenvalue weighted by Gasteiger charge is 2.34. The normalized spacial score (nSPS) is 11.5. The van der Waals surface area contributed by atoms with Crippen molar-refractivity contribution in [3.05, 3.63) is 76.2 Å². The molecule has 0 unspecified atom stereocenters. The number of rotatable bonds is 3. The van der Waals surface area contributed by atoms with Crippen LogP contribution in [0.2, 0.25) is 0 Å². The van der Waals surface area contributed by atoms with Crippen molar-refractivity contribution in [3.63, 3.8) is 0 Å². The smallest absolute Gasteiger partial charge is 0.317 e. The molecule has 3 aromatic rings. The van der Waals surface area contributed by atoms with Gasteiger partial charge in [-0.05, 0) is 63.6 Å². The van der Waals surface area contributed by atoms with Crippen molar-refractivity contribution in [2.24, 2.45) is 0 Å². The van der Waals surface area contributed by atoms with Gasteiger partial charge >= 0.3 is 6.18 Å². The van der Waals surface area contributed by atoms with E-state index in [0.717, 1.165) is 17.3 Å². The molecule has 0 saturated heterocycles. The number of hydrogen-bond acceptors (Lipinski definition) is 2. The summed E-state index contributed by atoms with van der Waals surface area (Å²) in [6.45, 7) is 7.02. The summed E-state index contributed by atoms with van der Waals surface area (Å²) < 4.78 is 41.7. The summed E-state index contributed by atoms with van der Waals surface area (Å²) in [6.07, 6.45) is -4.49. The van der Waals surface area contributed by atoms with Crippen LogP contribution >= 0.6 is 0 Å². The van der Waals surface area contributed by atoms with Crippen molar-refractivity contribution in [1.29, 1.82) is 0 Å². The lowest BCUT2D eigenvalue weighted by Gasteiger charge is -2.16. The first-order valence-electron chi connectivity index (χ1n) is 8.70. The molecule has 0 radical (unpaired) electrons. The van der Waals surface area contributed by atoms with Gasteiger partial charge in [-0.1, -0.05) is 12.1 Å². The fourth-order valence-corrected chi connectivity index (χ4v) is 3.36. The molecule has 2 heterocycles. The van der Waals surface area contributed by atoms with Gasteiger partial charge in [0.2, 0.25) is 0 Å². The number of carbonyl (C=O) groups excluding carboxylic acids is 1. The molecule has 7 heteroatoms. The molecule has 1 amide bonds. The predicted octanol–water partition coefficient (Wildman–Crippen LogP) is 5.38. The van der Waals surface area contributed by atoms with Crippen molar-refractivity contribution in [1.82, 2.24) is 9.55 Å². The quantitative estimate of drug-likeness (QED) is 0.656. The van der Waals surface area contributed by atoms with E-state index < -0.39 is 17.6 Å². The zero-order valence-corrected chi connectivity index (χ0v) is 16.0. The average molecular weight is 387 g/mol. The van der Waals surface area contributed by atoms with E-state index in [1.807, 2.05) is 19.9 Å². The van der Waals surface area contributed by atoms with Gasteiger partial charge in [-0.15, -0.1) is 0 Å². The molecule has 0 atom stereocenters. The number of alkyl halides is 3. The Bertz CT molecular complexity index is 1030. The lowest BCUT2D eigenvalue weighted by molar-refractivity contribution is -0.137. The number of benzene rings is 1. The maximum atomic E-state index is 13.4. The van der Waals surface area contributed by atoms with E-state index in [9.17, 15) is 18.0 Å². The molecule has 1 aromatic carbocycles. The van der Waals surface area contributed by atoms with Crippen molar-refractivity contribution < 1.29 is 18.0 Å². The molecule has 0 aliphatic rings. The van der Waals surface area contributed by atoms with Crippen LogP contribution in [0.25, 0.3) is 5.69 Å². The maximum absolute atomic E-state index is 13.4. The zero-order chi connectivity index (χ0) is 20.6. The summed E-state index contributed by atoms with van der Waals surface area (Å²) in [6, 6.07) is 10.5. The summed E-state index contributed by atoms with van der Waals surface area (Å²) in [5, 5.41) is 2.73. The Morgan fingerprint density at radius 2 is 1.71 bits per heavy atom. The number of nitrogens with one attached hydrogen (secondary N) is 1. The first-order chi connectivity index (χ1) is 13.1. The van der Waals surface area contributed by atoms with Crippen LogP contribution in [-0.2, 0) is 6.18 Å². The summed E-state index contributed by atoms with van der Waals surface area (Å²) in [5.74, 6) is -0.00988. The van der Waals surface area contributed by atoms with Gasteiger partial charge in [-0.3, -0.25) is 4.79 Å². The fraction of sp³-hybridized carbons (Fsp3) is 0.238. The lowest BCUT2D eigenvalue weighted by atomic mass is 10.1. The minimum Gasteiger partial charge on any atom is -0.317 e. The largest absolute Gasteiger partial charge is 0.418 e. The van der Waals surface area contributed by atoms with Crippen LogP contribution in [0.5, 0.6) is 0 Å². The molecular weight excluding hydrogens is 367 g/mol. The second kappa shape index (κ2) is 7.14. The number of carbonyl (C=O) groups is 1.